The Balaban J connectivity index is 1.91. The molecule has 1 aromatic carbocycles. The molecule has 0 unspecified atom stereocenters. The van der Waals surface area contributed by atoms with Crippen LogP contribution in [0.5, 0.6) is 0 Å². The van der Waals surface area contributed by atoms with E-state index in [0.29, 0.717) is 43.6 Å². The minimum Gasteiger partial charge on any atom is -0.405 e. The van der Waals surface area contributed by atoms with Gasteiger partial charge in [-0.05, 0) is 32.2 Å². The monoisotopic (exact) mass is 492 g/mol. The molecule has 2 heterocycles. The maximum atomic E-state index is 15.7. The lowest BCUT2D eigenvalue weighted by Gasteiger charge is -2.39. The van der Waals surface area contributed by atoms with Crippen molar-refractivity contribution in [3.8, 4) is 0 Å². The van der Waals surface area contributed by atoms with E-state index in [1.54, 1.807) is 0 Å². The topological polar surface area (TPSA) is 105 Å². The second-order valence-corrected chi connectivity index (χ2v) is 9.59. The fourth-order valence-corrected chi connectivity index (χ4v) is 4.90. The number of hydrogen-bond acceptors (Lipinski definition) is 9. The average molecular weight is 493 g/mol. The maximum Gasteiger partial charge on any atom is 0.332 e. The normalized spacial score (nSPS) is 19.6. The molecule has 0 spiro atoms. The van der Waals surface area contributed by atoms with E-state index < -0.39 is 41.2 Å². The Bertz CT molecular complexity index is 973. The molecule has 0 bridgehead atoms. The van der Waals surface area contributed by atoms with Crippen LogP contribution in [0.3, 0.4) is 0 Å². The highest BCUT2D eigenvalue weighted by atomic mass is 19.1. The number of piperazine rings is 1. The predicted octanol–water partition coefficient (Wildman–Crippen LogP) is 3.21. The number of nitrogens with zero attached hydrogens (tertiary/aromatic N) is 4. The number of nitro benzene ring substituents is 1. The van der Waals surface area contributed by atoms with Gasteiger partial charge in [0.25, 0.3) is 5.69 Å². The molecule has 3 fully saturated rings. The number of carbonyl (C=O) groups excluding carboxylic acids is 2. The Hall–Kier alpha value is -2.95. The average Bonchev–Trinajstić information content (AvgIpc) is 3.64. The number of benzene rings is 1. The largest absolute Gasteiger partial charge is 0.405 e. The van der Waals surface area contributed by atoms with Crippen molar-refractivity contribution in [1.82, 2.24) is 4.90 Å². The molecule has 192 valence electrons. The Morgan fingerprint density at radius 1 is 1.14 bits per heavy atom. The molecular formula is C24H33FN4O6. The van der Waals surface area contributed by atoms with Gasteiger partial charge in [-0.2, -0.15) is 0 Å². The van der Waals surface area contributed by atoms with Crippen molar-refractivity contribution in [3.05, 3.63) is 27.6 Å². The Kier molecular flexibility index (Phi) is 7.44. The molecule has 3 aliphatic rings. The number of carbonyl (C=O) groups is 2. The molecule has 10 nitrogen and oxygen atoms in total. The molecule has 0 N–H and O–H groups in total. The van der Waals surface area contributed by atoms with E-state index in [0.717, 1.165) is 32.0 Å². The minimum absolute atomic E-state index is 0.166. The van der Waals surface area contributed by atoms with Crippen LogP contribution < -0.4 is 9.80 Å². The lowest BCUT2D eigenvalue weighted by atomic mass is 9.90. The number of hydrogen-bond donors (Lipinski definition) is 0. The molecule has 1 aliphatic carbocycles. The maximum absolute atomic E-state index is 15.7. The first kappa shape index (κ1) is 25.2. The Labute approximate surface area is 204 Å². The minimum atomic E-state index is -1.42. The molecule has 0 amide bonds. The summed E-state index contributed by atoms with van der Waals surface area (Å²) < 4.78 is 26.4. The van der Waals surface area contributed by atoms with Gasteiger partial charge in [0.15, 0.2) is 5.82 Å². The number of nitro groups is 1. The summed E-state index contributed by atoms with van der Waals surface area (Å²) in [5.41, 5.74) is 0.641. The van der Waals surface area contributed by atoms with Crippen LogP contribution in [-0.4, -0.2) is 67.4 Å². The summed E-state index contributed by atoms with van der Waals surface area (Å²) in [7, 11) is 2.00. The van der Waals surface area contributed by atoms with E-state index in [1.807, 2.05) is 25.8 Å². The van der Waals surface area contributed by atoms with Gasteiger partial charge in [0.05, 0.1) is 16.7 Å². The van der Waals surface area contributed by atoms with Crippen molar-refractivity contribution in [2.45, 2.75) is 64.8 Å². The fraction of sp³-hybridized carbons (Fsp3) is 0.667. The van der Waals surface area contributed by atoms with E-state index in [9.17, 15) is 19.7 Å². The van der Waals surface area contributed by atoms with E-state index in [-0.39, 0.29) is 17.6 Å². The van der Waals surface area contributed by atoms with Gasteiger partial charge >= 0.3 is 18.4 Å². The molecule has 11 heteroatoms. The smallest absolute Gasteiger partial charge is 0.332 e. The zero-order valence-corrected chi connectivity index (χ0v) is 20.5. The first-order valence-electron chi connectivity index (χ1n) is 12.3. The number of anilines is 2. The second-order valence-electron chi connectivity index (χ2n) is 9.59. The Morgan fingerprint density at radius 3 is 2.26 bits per heavy atom. The second kappa shape index (κ2) is 10.3. The number of rotatable bonds is 9. The highest BCUT2D eigenvalue weighted by Gasteiger charge is 2.46. The molecule has 0 aromatic heterocycles. The summed E-state index contributed by atoms with van der Waals surface area (Å²) in [5.74, 6) is -1.97. The summed E-state index contributed by atoms with van der Waals surface area (Å²) in [6.45, 7) is 6.72. The highest BCUT2D eigenvalue weighted by Crippen LogP contribution is 2.47. The van der Waals surface area contributed by atoms with Crippen LogP contribution >= 0.6 is 0 Å². The summed E-state index contributed by atoms with van der Waals surface area (Å²) in [5, 5.41) is 12.2. The lowest BCUT2D eigenvalue weighted by molar-refractivity contribution is -0.384. The first-order chi connectivity index (χ1) is 16.7. The Morgan fingerprint density at radius 2 is 1.74 bits per heavy atom. The zero-order chi connectivity index (χ0) is 25.3. The number of esters is 2. The molecule has 0 radical (unpaired) electrons. The van der Waals surface area contributed by atoms with Crippen molar-refractivity contribution < 1.29 is 28.4 Å². The number of cyclic esters (lactones) is 2. The molecule has 2 aliphatic heterocycles. The van der Waals surface area contributed by atoms with Crippen molar-refractivity contribution in [2.24, 2.45) is 5.92 Å². The lowest BCUT2D eigenvalue weighted by Crippen LogP contribution is -2.48. The number of ether oxygens (including phenoxy) is 2. The number of likely N-dealkylation sites (N-methyl/N-ethyl adjacent to an activating group) is 1. The van der Waals surface area contributed by atoms with Crippen molar-refractivity contribution >= 4 is 29.0 Å². The van der Waals surface area contributed by atoms with Crippen LogP contribution in [0.4, 0.5) is 21.5 Å². The standard InChI is InChI=1S/C24H33FN4O6/c1-4-15(5-2)12-17-22(27-10-8-26(3)9-11-27)18(25)13-19(29(32)33)23(17)28(16-6-7-16)24-34-20(30)14-21(31)35-24/h13,15-16,24H,4-12,14H2,1-3H3. The van der Waals surface area contributed by atoms with Gasteiger partial charge in [-0.1, -0.05) is 26.7 Å². The quantitative estimate of drug-likeness (QED) is 0.222. The van der Waals surface area contributed by atoms with Crippen molar-refractivity contribution in [2.75, 3.05) is 43.0 Å². The van der Waals surface area contributed by atoms with Gasteiger partial charge in [-0.15, -0.1) is 0 Å². The molecule has 35 heavy (non-hydrogen) atoms. The van der Waals surface area contributed by atoms with Crippen molar-refractivity contribution in [1.29, 1.82) is 0 Å². The molecule has 1 aromatic rings. The van der Waals surface area contributed by atoms with Gasteiger partial charge in [0.2, 0.25) is 0 Å². The van der Waals surface area contributed by atoms with E-state index in [4.69, 9.17) is 9.47 Å². The van der Waals surface area contributed by atoms with Gasteiger partial charge in [0.1, 0.15) is 12.1 Å². The zero-order valence-electron chi connectivity index (χ0n) is 20.5. The van der Waals surface area contributed by atoms with E-state index >= 15 is 4.39 Å². The summed E-state index contributed by atoms with van der Waals surface area (Å²) >= 11 is 0. The van der Waals surface area contributed by atoms with Crippen LogP contribution in [0.1, 0.15) is 51.5 Å². The van der Waals surface area contributed by atoms with Gasteiger partial charge < -0.3 is 19.3 Å². The molecule has 2 saturated heterocycles. The van der Waals surface area contributed by atoms with Crippen LogP contribution in [-0.2, 0) is 25.5 Å². The number of halogens is 1. The third-order valence-electron chi connectivity index (χ3n) is 7.15. The van der Waals surface area contributed by atoms with Crippen molar-refractivity contribution in [3.63, 3.8) is 0 Å². The molecular weight excluding hydrogens is 459 g/mol. The van der Waals surface area contributed by atoms with Crippen LogP contribution in [0.15, 0.2) is 6.07 Å². The van der Waals surface area contributed by atoms with Gasteiger partial charge in [-0.3, -0.25) is 24.6 Å². The molecule has 4 rings (SSSR count). The molecule has 0 atom stereocenters. The van der Waals surface area contributed by atoms with Gasteiger partial charge in [0, 0.05) is 37.8 Å². The van der Waals surface area contributed by atoms with Gasteiger partial charge in [-0.25, -0.2) is 4.39 Å². The van der Waals surface area contributed by atoms with E-state index in [1.165, 1.54) is 4.90 Å². The highest BCUT2D eigenvalue weighted by molar-refractivity contribution is 5.93. The first-order valence-corrected chi connectivity index (χ1v) is 12.3. The molecule has 1 saturated carbocycles. The third kappa shape index (κ3) is 5.34. The van der Waals surface area contributed by atoms with Crippen LogP contribution in [0.2, 0.25) is 0 Å². The summed E-state index contributed by atoms with van der Waals surface area (Å²) in [6, 6.07) is 0.741. The van der Waals surface area contributed by atoms with E-state index in [2.05, 4.69) is 4.90 Å². The van der Waals surface area contributed by atoms with Crippen LogP contribution in [0.25, 0.3) is 0 Å². The predicted molar refractivity (Wildman–Crippen MR) is 127 cm³/mol. The SMILES string of the molecule is CCC(CC)Cc1c(N2CCN(C)CC2)c(F)cc([N+](=O)[O-])c1N(C1CC1)C1OC(=O)CC(=O)O1. The fourth-order valence-electron chi connectivity index (χ4n) is 4.90. The summed E-state index contributed by atoms with van der Waals surface area (Å²) in [6.07, 6.45) is 1.51. The third-order valence-corrected chi connectivity index (χ3v) is 7.15. The van der Waals surface area contributed by atoms with Crippen LogP contribution in [0, 0.1) is 21.8 Å². The summed E-state index contributed by atoms with van der Waals surface area (Å²) in [4.78, 5) is 41.4.